The molecule has 0 radical (unpaired) electrons. The van der Waals surface area contributed by atoms with Gasteiger partial charge in [0.25, 0.3) is 0 Å². The molecule has 2 aliphatic rings. The summed E-state index contributed by atoms with van der Waals surface area (Å²) >= 11 is 0. The first-order valence-corrected chi connectivity index (χ1v) is 13.1. The van der Waals surface area contributed by atoms with Gasteiger partial charge < -0.3 is 24.8 Å². The third-order valence-corrected chi connectivity index (χ3v) is 7.70. The molecule has 3 atom stereocenters. The molecule has 7 nitrogen and oxygen atoms in total. The Morgan fingerprint density at radius 3 is 2.62 bits per heavy atom. The van der Waals surface area contributed by atoms with Crippen LogP contribution in [0.4, 0.5) is 22.8 Å². The Kier molecular flexibility index (Phi) is 8.84. The number of piperidine rings is 1. The zero-order chi connectivity index (χ0) is 28.2. The van der Waals surface area contributed by atoms with E-state index in [4.69, 9.17) is 0 Å². The topological polar surface area (TPSA) is 65.1 Å². The van der Waals surface area contributed by atoms with Gasteiger partial charge in [0.2, 0.25) is 0 Å². The molecular weight excluding hydrogens is 509 g/mol. The molecule has 2 aliphatic heterocycles. The molecular formula is C29H35F3N4O3. The van der Waals surface area contributed by atoms with Crippen LogP contribution in [-0.2, 0) is 10.3 Å². The Morgan fingerprint density at radius 2 is 1.92 bits per heavy atom. The molecule has 1 N–H and O–H groups in total. The number of halogens is 3. The number of hydrogen-bond donors (Lipinski definition) is 1. The van der Waals surface area contributed by atoms with Gasteiger partial charge in [-0.3, -0.25) is 0 Å². The van der Waals surface area contributed by atoms with Crippen molar-refractivity contribution in [1.82, 2.24) is 20.0 Å². The van der Waals surface area contributed by atoms with Crippen molar-refractivity contribution < 1.29 is 27.5 Å². The van der Waals surface area contributed by atoms with E-state index in [1.807, 2.05) is 48.4 Å². The highest BCUT2D eigenvalue weighted by Crippen LogP contribution is 2.44. The number of carbonyl (C=O) groups is 2. The van der Waals surface area contributed by atoms with Crippen molar-refractivity contribution in [3.8, 4) is 0 Å². The zero-order valence-electron chi connectivity index (χ0n) is 22.5. The van der Waals surface area contributed by atoms with E-state index >= 15 is 4.39 Å². The van der Waals surface area contributed by atoms with E-state index in [-0.39, 0.29) is 25.2 Å². The van der Waals surface area contributed by atoms with Crippen molar-refractivity contribution in [3.63, 3.8) is 0 Å². The summed E-state index contributed by atoms with van der Waals surface area (Å²) in [6.45, 7) is 1.16. The third kappa shape index (κ3) is 6.06. The maximum absolute atomic E-state index is 15.1. The Labute approximate surface area is 227 Å². The number of rotatable bonds is 7. The predicted octanol–water partition coefficient (Wildman–Crippen LogP) is 4.79. The second kappa shape index (κ2) is 12.1. The van der Waals surface area contributed by atoms with Crippen LogP contribution in [-0.4, -0.2) is 86.4 Å². The summed E-state index contributed by atoms with van der Waals surface area (Å²) in [7, 11) is 4.72. The lowest BCUT2D eigenvalue weighted by molar-refractivity contribution is 0.0506. The first kappa shape index (κ1) is 28.5. The summed E-state index contributed by atoms with van der Waals surface area (Å²) in [5.74, 6) is -1.19. The summed E-state index contributed by atoms with van der Waals surface area (Å²) in [5, 5.41) is 2.65. The van der Waals surface area contributed by atoms with Gasteiger partial charge in [-0.15, -0.1) is 0 Å². The molecule has 0 spiro atoms. The van der Waals surface area contributed by atoms with E-state index in [1.54, 1.807) is 11.9 Å². The summed E-state index contributed by atoms with van der Waals surface area (Å²) in [6, 6.07) is 11.5. The molecule has 0 aliphatic carbocycles. The number of likely N-dealkylation sites (tertiary alicyclic amines) is 1. The quantitative estimate of drug-likeness (QED) is 0.510. The van der Waals surface area contributed by atoms with E-state index in [1.165, 1.54) is 12.0 Å². The molecule has 0 saturated carbocycles. The second-order valence-electron chi connectivity index (χ2n) is 10.2. The fraction of sp³-hybridized carbons (Fsp3) is 0.448. The van der Waals surface area contributed by atoms with Gasteiger partial charge in [0, 0.05) is 38.8 Å². The largest absolute Gasteiger partial charge is 0.453 e. The minimum atomic E-state index is -1.22. The average Bonchev–Trinajstić information content (AvgIpc) is 3.32. The summed E-state index contributed by atoms with van der Waals surface area (Å²) in [4.78, 5) is 30.7. The highest BCUT2D eigenvalue weighted by molar-refractivity contribution is 5.83. The summed E-state index contributed by atoms with van der Waals surface area (Å²) < 4.78 is 48.9. The van der Waals surface area contributed by atoms with Gasteiger partial charge in [-0.1, -0.05) is 30.3 Å². The van der Waals surface area contributed by atoms with Gasteiger partial charge in [-0.2, -0.15) is 0 Å². The maximum atomic E-state index is 15.1. The first-order chi connectivity index (χ1) is 18.7. The van der Waals surface area contributed by atoms with Gasteiger partial charge in [0.15, 0.2) is 0 Å². The van der Waals surface area contributed by atoms with Crippen LogP contribution < -0.4 is 5.32 Å². The van der Waals surface area contributed by atoms with Gasteiger partial charge >= 0.3 is 12.1 Å². The Morgan fingerprint density at radius 1 is 1.18 bits per heavy atom. The Hall–Kier alpha value is -3.53. The van der Waals surface area contributed by atoms with E-state index < -0.39 is 41.5 Å². The van der Waals surface area contributed by atoms with E-state index in [9.17, 15) is 18.4 Å². The number of urea groups is 1. The number of carbonyl (C=O) groups excluding carboxylic acids is 2. The number of alkyl carbamates (subject to hydrolysis) is 1. The normalized spacial score (nSPS) is 23.3. The van der Waals surface area contributed by atoms with Crippen molar-refractivity contribution >= 4 is 17.7 Å². The lowest BCUT2D eigenvalue weighted by atomic mass is 9.84. The fourth-order valence-corrected chi connectivity index (χ4v) is 5.62. The monoisotopic (exact) mass is 544 g/mol. The Balaban J connectivity index is 1.75. The number of alkyl halides is 1. The van der Waals surface area contributed by atoms with Gasteiger partial charge in [-0.05, 0) is 61.7 Å². The number of nitrogens with one attached hydrogen (secondary N) is 1. The molecule has 2 aromatic carbocycles. The number of amides is 3. The average molecular weight is 545 g/mol. The van der Waals surface area contributed by atoms with Gasteiger partial charge in [-0.25, -0.2) is 22.8 Å². The molecule has 10 heteroatoms. The van der Waals surface area contributed by atoms with Crippen LogP contribution >= 0.6 is 0 Å². The number of hydrogen-bond acceptors (Lipinski definition) is 4. The maximum Gasteiger partial charge on any atom is 0.406 e. The lowest BCUT2D eigenvalue weighted by Gasteiger charge is -2.44. The van der Waals surface area contributed by atoms with Crippen molar-refractivity contribution in [2.45, 2.75) is 37.0 Å². The number of ether oxygens (including phenoxy) is 1. The lowest BCUT2D eigenvalue weighted by Crippen LogP contribution is -2.57. The van der Waals surface area contributed by atoms with E-state index in [2.05, 4.69) is 10.1 Å². The SMILES string of the molecule is COC(=O)NCCC[C@@]1(c2ccccc2)C=C(c2cc(F)ccc2F)CN1C(=O)N(C)C1CCN(C)CC1F. The first-order valence-electron chi connectivity index (χ1n) is 13.1. The molecule has 2 unspecified atom stereocenters. The van der Waals surface area contributed by atoms with Crippen LogP contribution in [0.5, 0.6) is 0 Å². The molecule has 210 valence electrons. The third-order valence-electron chi connectivity index (χ3n) is 7.70. The highest BCUT2D eigenvalue weighted by Gasteiger charge is 2.47. The minimum Gasteiger partial charge on any atom is -0.453 e. The van der Waals surface area contributed by atoms with E-state index in [0.29, 0.717) is 31.4 Å². The zero-order valence-corrected chi connectivity index (χ0v) is 22.5. The van der Waals surface area contributed by atoms with Crippen LogP contribution in [0.25, 0.3) is 5.57 Å². The molecule has 4 rings (SSSR count). The smallest absolute Gasteiger partial charge is 0.406 e. The Bertz CT molecular complexity index is 1210. The standard InChI is InChI=1S/C29H35F3N4O3/c1-34-15-12-26(25(32)19-34)35(2)28(38)36-18-20(23-16-22(30)10-11-24(23)31)17-29(36,21-8-5-4-6-9-21)13-7-14-33-27(37)39-3/h4-6,8-11,16-17,25-26H,7,12-15,18-19H2,1-3H3,(H,33,37)/t25?,26?,29-/m0/s1. The van der Waals surface area contributed by atoms with Crippen molar-refractivity contribution in [1.29, 1.82) is 0 Å². The second-order valence-corrected chi connectivity index (χ2v) is 10.2. The summed E-state index contributed by atoms with van der Waals surface area (Å²) in [5.41, 5.74) is 0.259. The molecule has 3 amide bonds. The van der Waals surface area contributed by atoms with Crippen molar-refractivity contribution in [2.75, 3.05) is 47.4 Å². The molecule has 1 fully saturated rings. The number of methoxy groups -OCH3 is 1. The highest BCUT2D eigenvalue weighted by atomic mass is 19.1. The minimum absolute atomic E-state index is 0.00640. The molecule has 2 heterocycles. The number of benzene rings is 2. The van der Waals surface area contributed by atoms with Crippen LogP contribution in [0.2, 0.25) is 0 Å². The van der Waals surface area contributed by atoms with Crippen molar-refractivity contribution in [3.05, 3.63) is 77.4 Å². The van der Waals surface area contributed by atoms with Crippen LogP contribution in [0.1, 0.15) is 30.4 Å². The van der Waals surface area contributed by atoms with Gasteiger partial charge in [0.1, 0.15) is 17.8 Å². The summed E-state index contributed by atoms with van der Waals surface area (Å²) in [6.07, 6.45) is 1.32. The van der Waals surface area contributed by atoms with Gasteiger partial charge in [0.05, 0.1) is 18.7 Å². The molecule has 0 bridgehead atoms. The van der Waals surface area contributed by atoms with E-state index in [0.717, 1.165) is 23.8 Å². The van der Waals surface area contributed by atoms with Crippen LogP contribution in [0, 0.1) is 11.6 Å². The fourth-order valence-electron chi connectivity index (χ4n) is 5.62. The molecule has 0 aromatic heterocycles. The molecule has 1 saturated heterocycles. The van der Waals surface area contributed by atoms with Crippen LogP contribution in [0.15, 0.2) is 54.6 Å². The molecule has 39 heavy (non-hydrogen) atoms. The number of nitrogens with zero attached hydrogens (tertiary/aromatic N) is 3. The van der Waals surface area contributed by atoms with Crippen LogP contribution in [0.3, 0.4) is 0 Å². The van der Waals surface area contributed by atoms with Crippen molar-refractivity contribution in [2.24, 2.45) is 0 Å². The molecule has 2 aromatic rings. The predicted molar refractivity (Wildman–Crippen MR) is 143 cm³/mol.